The lowest BCUT2D eigenvalue weighted by atomic mass is 10.2. The molecule has 0 aliphatic carbocycles. The highest BCUT2D eigenvalue weighted by atomic mass is 32.1. The van der Waals surface area contributed by atoms with Gasteiger partial charge in [0.1, 0.15) is 5.69 Å². The molecule has 0 aliphatic heterocycles. The molecule has 0 aromatic carbocycles. The minimum Gasteiger partial charge on any atom is -0.331 e. The molecule has 0 bridgehead atoms. The average Bonchev–Trinajstić information content (AvgIpc) is 2.75. The molecular formula is C10H10N2OS. The number of nitrogens with zero attached hydrogens (tertiary/aromatic N) is 2. The Morgan fingerprint density at radius 2 is 2.50 bits per heavy atom. The standard InChI is InChI=1S/C10H10N2OS/c1-12-7-11-6-9(12)10(13)5-8-3-2-4-14-8/h2-4,6-7H,5H2,1H3. The monoisotopic (exact) mass is 206 g/mol. The Hall–Kier alpha value is -1.42. The Bertz CT molecular complexity index is 431. The predicted molar refractivity (Wildman–Crippen MR) is 55.6 cm³/mol. The summed E-state index contributed by atoms with van der Waals surface area (Å²) in [5.41, 5.74) is 0.665. The quantitative estimate of drug-likeness (QED) is 0.719. The van der Waals surface area contributed by atoms with Gasteiger partial charge in [0.15, 0.2) is 5.78 Å². The van der Waals surface area contributed by atoms with Crippen molar-refractivity contribution in [2.45, 2.75) is 6.42 Å². The van der Waals surface area contributed by atoms with Crippen LogP contribution in [-0.2, 0) is 13.5 Å². The number of rotatable bonds is 3. The first kappa shape index (κ1) is 9.15. The maximum Gasteiger partial charge on any atom is 0.186 e. The normalized spacial score (nSPS) is 10.4. The lowest BCUT2D eigenvalue weighted by Gasteiger charge is -1.98. The van der Waals surface area contributed by atoms with Crippen molar-refractivity contribution in [1.82, 2.24) is 9.55 Å². The summed E-state index contributed by atoms with van der Waals surface area (Å²) >= 11 is 1.60. The third-order valence-corrected chi connectivity index (χ3v) is 2.89. The van der Waals surface area contributed by atoms with Gasteiger partial charge >= 0.3 is 0 Å². The number of aryl methyl sites for hydroxylation is 1. The van der Waals surface area contributed by atoms with Crippen LogP contribution in [0.2, 0.25) is 0 Å². The third kappa shape index (κ3) is 1.75. The van der Waals surface area contributed by atoms with Gasteiger partial charge in [-0.1, -0.05) is 6.07 Å². The van der Waals surface area contributed by atoms with Gasteiger partial charge < -0.3 is 4.57 Å². The average molecular weight is 206 g/mol. The number of hydrogen-bond donors (Lipinski definition) is 0. The smallest absolute Gasteiger partial charge is 0.186 e. The summed E-state index contributed by atoms with van der Waals surface area (Å²) < 4.78 is 1.75. The maximum absolute atomic E-state index is 11.7. The molecule has 2 aromatic rings. The Morgan fingerprint density at radius 1 is 1.64 bits per heavy atom. The third-order valence-electron chi connectivity index (χ3n) is 2.02. The van der Waals surface area contributed by atoms with Crippen LogP contribution < -0.4 is 0 Å². The highest BCUT2D eigenvalue weighted by Gasteiger charge is 2.10. The van der Waals surface area contributed by atoms with E-state index in [1.165, 1.54) is 0 Å². The first-order chi connectivity index (χ1) is 6.77. The second-order valence-electron chi connectivity index (χ2n) is 3.07. The highest BCUT2D eigenvalue weighted by molar-refractivity contribution is 7.10. The van der Waals surface area contributed by atoms with E-state index in [9.17, 15) is 4.79 Å². The lowest BCUT2D eigenvalue weighted by molar-refractivity contribution is 0.0986. The van der Waals surface area contributed by atoms with E-state index in [-0.39, 0.29) is 5.78 Å². The Morgan fingerprint density at radius 3 is 3.07 bits per heavy atom. The van der Waals surface area contributed by atoms with Crippen LogP contribution in [0.15, 0.2) is 30.0 Å². The second-order valence-corrected chi connectivity index (χ2v) is 4.10. The molecule has 0 amide bonds. The van der Waals surface area contributed by atoms with Gasteiger partial charge in [0, 0.05) is 18.3 Å². The number of hydrogen-bond acceptors (Lipinski definition) is 3. The van der Waals surface area contributed by atoms with E-state index < -0.39 is 0 Å². The first-order valence-corrected chi connectivity index (χ1v) is 5.17. The van der Waals surface area contributed by atoms with Gasteiger partial charge in [-0.05, 0) is 11.4 Å². The van der Waals surface area contributed by atoms with Crippen molar-refractivity contribution in [3.63, 3.8) is 0 Å². The fraction of sp³-hybridized carbons (Fsp3) is 0.200. The molecule has 3 nitrogen and oxygen atoms in total. The number of thiophene rings is 1. The largest absolute Gasteiger partial charge is 0.331 e. The maximum atomic E-state index is 11.7. The van der Waals surface area contributed by atoms with E-state index in [0.29, 0.717) is 12.1 Å². The Balaban J connectivity index is 2.14. The van der Waals surface area contributed by atoms with Crippen molar-refractivity contribution in [1.29, 1.82) is 0 Å². The molecule has 2 aromatic heterocycles. The summed E-state index contributed by atoms with van der Waals surface area (Å²) in [6.45, 7) is 0. The zero-order valence-electron chi connectivity index (χ0n) is 7.80. The summed E-state index contributed by atoms with van der Waals surface area (Å²) in [4.78, 5) is 16.8. The molecule has 0 aliphatic rings. The molecule has 4 heteroatoms. The summed E-state index contributed by atoms with van der Waals surface area (Å²) in [5, 5.41) is 1.98. The van der Waals surface area contributed by atoms with Crippen LogP contribution in [-0.4, -0.2) is 15.3 Å². The van der Waals surface area contributed by atoms with Crippen molar-refractivity contribution in [3.05, 3.63) is 40.6 Å². The van der Waals surface area contributed by atoms with Crippen LogP contribution in [0.3, 0.4) is 0 Å². The fourth-order valence-electron chi connectivity index (χ4n) is 1.29. The molecule has 0 saturated heterocycles. The summed E-state index contributed by atoms with van der Waals surface area (Å²) in [6, 6.07) is 3.93. The zero-order chi connectivity index (χ0) is 9.97. The van der Waals surface area contributed by atoms with E-state index in [1.54, 1.807) is 28.4 Å². The van der Waals surface area contributed by atoms with Crippen molar-refractivity contribution >= 4 is 17.1 Å². The molecule has 72 valence electrons. The molecular weight excluding hydrogens is 196 g/mol. The number of imidazole rings is 1. The Kier molecular flexibility index (Phi) is 2.45. The number of carbonyl (C=O) groups excluding carboxylic acids is 1. The van der Waals surface area contributed by atoms with Gasteiger partial charge in [-0.15, -0.1) is 11.3 Å². The molecule has 2 heterocycles. The molecule has 0 spiro atoms. The first-order valence-electron chi connectivity index (χ1n) is 4.29. The van der Waals surface area contributed by atoms with Gasteiger partial charge in [0.05, 0.1) is 12.5 Å². The van der Waals surface area contributed by atoms with Gasteiger partial charge in [-0.2, -0.15) is 0 Å². The molecule has 2 rings (SSSR count). The van der Waals surface area contributed by atoms with Crippen LogP contribution in [0.4, 0.5) is 0 Å². The molecule has 0 N–H and O–H groups in total. The van der Waals surface area contributed by atoms with Crippen molar-refractivity contribution in [2.24, 2.45) is 7.05 Å². The molecule has 0 atom stereocenters. The van der Waals surface area contributed by atoms with Crippen LogP contribution >= 0.6 is 11.3 Å². The van der Waals surface area contributed by atoms with Crippen molar-refractivity contribution < 1.29 is 4.79 Å². The summed E-state index contributed by atoms with van der Waals surface area (Å²) in [5.74, 6) is 0.118. The van der Waals surface area contributed by atoms with Crippen molar-refractivity contribution in [3.8, 4) is 0 Å². The van der Waals surface area contributed by atoms with E-state index in [2.05, 4.69) is 4.98 Å². The summed E-state index contributed by atoms with van der Waals surface area (Å²) in [6.07, 6.45) is 3.72. The topological polar surface area (TPSA) is 34.9 Å². The van der Waals surface area contributed by atoms with Crippen LogP contribution in [0.5, 0.6) is 0 Å². The zero-order valence-corrected chi connectivity index (χ0v) is 8.62. The number of ketones is 1. The summed E-state index contributed by atoms with van der Waals surface area (Å²) in [7, 11) is 1.83. The van der Waals surface area contributed by atoms with Crippen LogP contribution in [0, 0.1) is 0 Å². The number of Topliss-reactive ketones (excluding diaryl/α,β-unsaturated/α-hetero) is 1. The molecule has 0 saturated carbocycles. The van der Waals surface area contributed by atoms with E-state index in [0.717, 1.165) is 4.88 Å². The van der Waals surface area contributed by atoms with E-state index in [4.69, 9.17) is 0 Å². The minimum atomic E-state index is 0.118. The fourth-order valence-corrected chi connectivity index (χ4v) is 1.99. The number of aromatic nitrogens is 2. The Labute approximate surface area is 86.0 Å². The van der Waals surface area contributed by atoms with Gasteiger partial charge in [-0.3, -0.25) is 4.79 Å². The molecule has 14 heavy (non-hydrogen) atoms. The minimum absolute atomic E-state index is 0.118. The van der Waals surface area contributed by atoms with E-state index in [1.807, 2.05) is 24.6 Å². The second kappa shape index (κ2) is 3.75. The molecule has 0 radical (unpaired) electrons. The van der Waals surface area contributed by atoms with Gasteiger partial charge in [-0.25, -0.2) is 4.98 Å². The highest BCUT2D eigenvalue weighted by Crippen LogP contribution is 2.12. The van der Waals surface area contributed by atoms with Crippen molar-refractivity contribution in [2.75, 3.05) is 0 Å². The van der Waals surface area contributed by atoms with Gasteiger partial charge in [0.25, 0.3) is 0 Å². The lowest BCUT2D eigenvalue weighted by Crippen LogP contribution is -2.07. The molecule has 0 fully saturated rings. The SMILES string of the molecule is Cn1cncc1C(=O)Cc1cccs1. The van der Waals surface area contributed by atoms with Crippen LogP contribution in [0.25, 0.3) is 0 Å². The van der Waals surface area contributed by atoms with E-state index >= 15 is 0 Å². The number of carbonyl (C=O) groups is 1. The van der Waals surface area contributed by atoms with Crippen LogP contribution in [0.1, 0.15) is 15.4 Å². The molecule has 0 unspecified atom stereocenters. The van der Waals surface area contributed by atoms with Gasteiger partial charge in [0.2, 0.25) is 0 Å². The predicted octanol–water partition coefficient (Wildman–Crippen LogP) is 1.91.